The van der Waals surface area contributed by atoms with Gasteiger partial charge >= 0.3 is 0 Å². The van der Waals surface area contributed by atoms with Gasteiger partial charge in [0.25, 0.3) is 17.4 Å². The summed E-state index contributed by atoms with van der Waals surface area (Å²) >= 11 is 1.15. The first-order valence-corrected chi connectivity index (χ1v) is 9.70. The highest BCUT2D eigenvalue weighted by Gasteiger charge is 2.22. The van der Waals surface area contributed by atoms with Crippen molar-refractivity contribution in [3.8, 4) is 0 Å². The zero-order valence-electron chi connectivity index (χ0n) is 15.4. The number of nitrogens with one attached hydrogen (secondary N) is 3. The zero-order chi connectivity index (χ0) is 20.5. The third-order valence-corrected chi connectivity index (χ3v) is 5.85. The molecule has 2 aromatic heterocycles. The number of carbonyl (C=O) groups is 3. The first-order chi connectivity index (χ1) is 13.9. The fraction of sp³-hybridized carbons (Fsp3) is 0.211. The SMILES string of the molecule is Cc1c(C(=O)Nc2ccc(C(=O)N3CCNC(=O)C3)cc2)sc2nc[nH]c(=O)c12. The van der Waals surface area contributed by atoms with Crippen LogP contribution in [-0.2, 0) is 4.79 Å². The molecule has 10 heteroatoms. The van der Waals surface area contributed by atoms with Gasteiger partial charge in [-0.2, -0.15) is 0 Å². The van der Waals surface area contributed by atoms with E-state index in [2.05, 4.69) is 20.6 Å². The Hall–Kier alpha value is -3.53. The van der Waals surface area contributed by atoms with Crippen LogP contribution in [0.25, 0.3) is 10.2 Å². The van der Waals surface area contributed by atoms with Gasteiger partial charge in [-0.05, 0) is 36.8 Å². The molecule has 3 aromatic rings. The lowest BCUT2D eigenvalue weighted by Crippen LogP contribution is -2.49. The molecule has 1 aliphatic heterocycles. The molecule has 3 amide bonds. The lowest BCUT2D eigenvalue weighted by atomic mass is 10.1. The highest BCUT2D eigenvalue weighted by molar-refractivity contribution is 7.20. The van der Waals surface area contributed by atoms with Crippen LogP contribution in [0.1, 0.15) is 25.6 Å². The number of benzene rings is 1. The van der Waals surface area contributed by atoms with Gasteiger partial charge in [-0.25, -0.2) is 4.98 Å². The number of amides is 3. The number of H-pyrrole nitrogens is 1. The van der Waals surface area contributed by atoms with E-state index in [1.165, 1.54) is 11.2 Å². The minimum absolute atomic E-state index is 0.0374. The van der Waals surface area contributed by atoms with E-state index in [-0.39, 0.29) is 29.8 Å². The minimum atomic E-state index is -0.350. The van der Waals surface area contributed by atoms with Crippen molar-refractivity contribution in [2.75, 3.05) is 25.0 Å². The number of nitrogens with zero attached hydrogens (tertiary/aromatic N) is 2. The summed E-state index contributed by atoms with van der Waals surface area (Å²) in [6.45, 7) is 2.64. The number of thiophene rings is 1. The molecule has 0 atom stereocenters. The average Bonchev–Trinajstić information content (AvgIpc) is 3.06. The number of anilines is 1. The molecule has 3 heterocycles. The van der Waals surface area contributed by atoms with Crippen molar-refractivity contribution in [2.24, 2.45) is 0 Å². The Morgan fingerprint density at radius 1 is 1.21 bits per heavy atom. The quantitative estimate of drug-likeness (QED) is 0.596. The molecule has 0 bridgehead atoms. The van der Waals surface area contributed by atoms with Crippen LogP contribution in [0.5, 0.6) is 0 Å². The maximum Gasteiger partial charge on any atom is 0.266 e. The van der Waals surface area contributed by atoms with Gasteiger partial charge in [0.15, 0.2) is 0 Å². The molecule has 1 fully saturated rings. The van der Waals surface area contributed by atoms with Crippen molar-refractivity contribution in [1.29, 1.82) is 0 Å². The summed E-state index contributed by atoms with van der Waals surface area (Å²) in [6, 6.07) is 6.47. The van der Waals surface area contributed by atoms with E-state index in [0.29, 0.717) is 45.0 Å². The number of aromatic amines is 1. The Balaban J connectivity index is 1.50. The third kappa shape index (κ3) is 3.61. The Kier molecular flexibility index (Phi) is 4.85. The van der Waals surface area contributed by atoms with Crippen molar-refractivity contribution in [2.45, 2.75) is 6.92 Å². The summed E-state index contributed by atoms with van der Waals surface area (Å²) in [5, 5.41) is 5.86. The third-order valence-electron chi connectivity index (χ3n) is 4.65. The molecule has 0 saturated carbocycles. The smallest absolute Gasteiger partial charge is 0.266 e. The number of fused-ring (bicyclic) bond motifs is 1. The summed E-state index contributed by atoms with van der Waals surface area (Å²) in [7, 11) is 0. The summed E-state index contributed by atoms with van der Waals surface area (Å²) in [4.78, 5) is 57.6. The van der Waals surface area contributed by atoms with Gasteiger partial charge in [-0.3, -0.25) is 19.2 Å². The molecule has 0 spiro atoms. The van der Waals surface area contributed by atoms with Gasteiger partial charge in [-0.1, -0.05) is 0 Å². The second kappa shape index (κ2) is 7.47. The summed E-state index contributed by atoms with van der Waals surface area (Å²) in [5.41, 5.74) is 1.25. The number of aromatic nitrogens is 2. The fourth-order valence-electron chi connectivity index (χ4n) is 3.17. The van der Waals surface area contributed by atoms with Crippen molar-refractivity contribution in [1.82, 2.24) is 20.2 Å². The molecule has 0 aliphatic carbocycles. The van der Waals surface area contributed by atoms with Gasteiger partial charge in [-0.15, -0.1) is 11.3 Å². The first-order valence-electron chi connectivity index (χ1n) is 8.88. The predicted molar refractivity (Wildman–Crippen MR) is 108 cm³/mol. The first kappa shape index (κ1) is 18.8. The number of hydrogen-bond acceptors (Lipinski definition) is 6. The zero-order valence-corrected chi connectivity index (χ0v) is 16.3. The van der Waals surface area contributed by atoms with Crippen LogP contribution in [-0.4, -0.2) is 52.2 Å². The number of aryl methyl sites for hydroxylation is 1. The molecule has 148 valence electrons. The van der Waals surface area contributed by atoms with Crippen LogP contribution < -0.4 is 16.2 Å². The number of rotatable bonds is 3. The predicted octanol–water partition coefficient (Wildman–Crippen LogP) is 1.12. The van der Waals surface area contributed by atoms with Crippen LogP contribution in [0.15, 0.2) is 35.4 Å². The van der Waals surface area contributed by atoms with E-state index in [1.807, 2.05) is 0 Å². The Labute approximate surface area is 168 Å². The van der Waals surface area contributed by atoms with E-state index in [0.717, 1.165) is 11.3 Å². The summed E-state index contributed by atoms with van der Waals surface area (Å²) in [5.74, 6) is -0.763. The highest BCUT2D eigenvalue weighted by atomic mass is 32.1. The van der Waals surface area contributed by atoms with Crippen LogP contribution in [0, 0.1) is 6.92 Å². The second-order valence-corrected chi connectivity index (χ2v) is 7.58. The maximum absolute atomic E-state index is 12.7. The average molecular weight is 411 g/mol. The van der Waals surface area contributed by atoms with Crippen LogP contribution >= 0.6 is 11.3 Å². The van der Waals surface area contributed by atoms with Crippen molar-refractivity contribution in [3.05, 3.63) is 57.0 Å². The monoisotopic (exact) mass is 411 g/mol. The fourth-order valence-corrected chi connectivity index (χ4v) is 4.22. The van der Waals surface area contributed by atoms with Gasteiger partial charge in [0.05, 0.1) is 23.1 Å². The molecule has 1 aliphatic rings. The van der Waals surface area contributed by atoms with Crippen LogP contribution in [0.2, 0.25) is 0 Å². The van der Waals surface area contributed by atoms with E-state index in [1.54, 1.807) is 31.2 Å². The number of hydrogen-bond donors (Lipinski definition) is 3. The highest BCUT2D eigenvalue weighted by Crippen LogP contribution is 2.27. The van der Waals surface area contributed by atoms with Crippen molar-refractivity contribution < 1.29 is 14.4 Å². The van der Waals surface area contributed by atoms with E-state index in [4.69, 9.17) is 0 Å². The summed E-state index contributed by atoms with van der Waals surface area (Å²) in [6.07, 6.45) is 1.31. The molecular weight excluding hydrogens is 394 g/mol. The van der Waals surface area contributed by atoms with Gasteiger partial charge in [0, 0.05) is 24.3 Å². The number of piperazine rings is 1. The normalized spacial score (nSPS) is 14.0. The molecule has 0 unspecified atom stereocenters. The molecule has 1 saturated heterocycles. The Morgan fingerprint density at radius 3 is 2.66 bits per heavy atom. The standard InChI is InChI=1S/C19H17N5O4S/c1-10-14-16(26)21-9-22-18(14)29-15(10)17(27)23-12-4-2-11(3-5-12)19(28)24-7-6-20-13(25)8-24/h2-5,9H,6-8H2,1H3,(H,20,25)(H,23,27)(H,21,22,26). The Morgan fingerprint density at radius 2 is 1.97 bits per heavy atom. The maximum atomic E-state index is 12.7. The van der Waals surface area contributed by atoms with Crippen LogP contribution in [0.3, 0.4) is 0 Å². The van der Waals surface area contributed by atoms with E-state index < -0.39 is 0 Å². The molecular formula is C19H17N5O4S. The minimum Gasteiger partial charge on any atom is -0.353 e. The van der Waals surface area contributed by atoms with E-state index >= 15 is 0 Å². The van der Waals surface area contributed by atoms with Gasteiger partial charge in [0.1, 0.15) is 4.83 Å². The largest absolute Gasteiger partial charge is 0.353 e. The molecule has 1 aromatic carbocycles. The molecule has 0 radical (unpaired) electrons. The molecule has 4 rings (SSSR count). The van der Waals surface area contributed by atoms with Crippen molar-refractivity contribution in [3.63, 3.8) is 0 Å². The topological polar surface area (TPSA) is 124 Å². The molecule has 29 heavy (non-hydrogen) atoms. The lowest BCUT2D eigenvalue weighted by Gasteiger charge is -2.26. The van der Waals surface area contributed by atoms with Crippen LogP contribution in [0.4, 0.5) is 5.69 Å². The Bertz CT molecular complexity index is 1180. The lowest BCUT2D eigenvalue weighted by molar-refractivity contribution is -0.123. The van der Waals surface area contributed by atoms with Gasteiger partial charge < -0.3 is 20.5 Å². The molecule has 3 N–H and O–H groups in total. The van der Waals surface area contributed by atoms with Gasteiger partial charge in [0.2, 0.25) is 5.91 Å². The number of carbonyl (C=O) groups excluding carboxylic acids is 3. The summed E-state index contributed by atoms with van der Waals surface area (Å²) < 4.78 is 0. The van der Waals surface area contributed by atoms with E-state index in [9.17, 15) is 19.2 Å². The molecule has 9 nitrogen and oxygen atoms in total. The second-order valence-electron chi connectivity index (χ2n) is 6.58. The van der Waals surface area contributed by atoms with Crippen molar-refractivity contribution >= 4 is 45.0 Å².